The summed E-state index contributed by atoms with van der Waals surface area (Å²) in [4.78, 5) is 28.9. The predicted octanol–water partition coefficient (Wildman–Crippen LogP) is 5.74. The van der Waals surface area contributed by atoms with Gasteiger partial charge in [-0.25, -0.2) is 8.60 Å². The lowest BCUT2D eigenvalue weighted by Gasteiger charge is -2.23. The SMILES string of the molecule is O=C(NCc1ccc(Cl)cc1)c1ccc2c(c1)N(Cc1ccc(F)cc1)C(=O)c1ccccc1S2=O. The second-order valence-corrected chi connectivity index (χ2v) is 10.1. The number of nitrogens with zero attached hydrogens (tertiary/aromatic N) is 1. The van der Waals surface area contributed by atoms with Crippen molar-refractivity contribution in [1.82, 2.24) is 5.32 Å². The normalized spacial score (nSPS) is 14.6. The van der Waals surface area contributed by atoms with Crippen LogP contribution in [0.5, 0.6) is 0 Å². The van der Waals surface area contributed by atoms with Crippen LogP contribution in [0.4, 0.5) is 10.1 Å². The topological polar surface area (TPSA) is 66.5 Å². The van der Waals surface area contributed by atoms with Crippen LogP contribution in [-0.2, 0) is 23.9 Å². The highest BCUT2D eigenvalue weighted by molar-refractivity contribution is 7.85. The lowest BCUT2D eigenvalue weighted by Crippen LogP contribution is -2.31. The van der Waals surface area contributed by atoms with E-state index >= 15 is 0 Å². The Kier molecular flexibility index (Phi) is 6.67. The van der Waals surface area contributed by atoms with E-state index in [4.69, 9.17) is 11.6 Å². The molecule has 0 saturated heterocycles. The number of halogens is 2. The molecule has 8 heteroatoms. The van der Waals surface area contributed by atoms with Gasteiger partial charge in [-0.1, -0.05) is 48.0 Å². The van der Waals surface area contributed by atoms with Crippen LogP contribution in [0.25, 0.3) is 0 Å². The van der Waals surface area contributed by atoms with Gasteiger partial charge in [-0.3, -0.25) is 9.59 Å². The van der Waals surface area contributed by atoms with Crippen LogP contribution in [0.1, 0.15) is 31.8 Å². The number of fused-ring (bicyclic) bond motifs is 2. The fourth-order valence-electron chi connectivity index (χ4n) is 4.02. The van der Waals surface area contributed by atoms with Crippen LogP contribution in [0.3, 0.4) is 0 Å². The van der Waals surface area contributed by atoms with Gasteiger partial charge < -0.3 is 10.2 Å². The third kappa shape index (κ3) is 4.80. The zero-order chi connectivity index (χ0) is 25.2. The van der Waals surface area contributed by atoms with Crippen molar-refractivity contribution in [3.63, 3.8) is 0 Å². The van der Waals surface area contributed by atoms with Gasteiger partial charge in [0.2, 0.25) is 0 Å². The molecular formula is C28H20ClFN2O3S. The minimum Gasteiger partial charge on any atom is -0.348 e. The predicted molar refractivity (Wildman–Crippen MR) is 137 cm³/mol. The lowest BCUT2D eigenvalue weighted by atomic mass is 10.1. The van der Waals surface area contributed by atoms with E-state index in [9.17, 15) is 18.2 Å². The van der Waals surface area contributed by atoms with E-state index in [-0.39, 0.29) is 24.2 Å². The summed E-state index contributed by atoms with van der Waals surface area (Å²) < 4.78 is 27.0. The first kappa shape index (κ1) is 23.9. The van der Waals surface area contributed by atoms with Crippen LogP contribution < -0.4 is 10.2 Å². The number of hydrogen-bond donors (Lipinski definition) is 1. The van der Waals surface area contributed by atoms with Gasteiger partial charge in [0, 0.05) is 17.1 Å². The van der Waals surface area contributed by atoms with E-state index < -0.39 is 10.8 Å². The minimum absolute atomic E-state index is 0.119. The third-order valence-corrected chi connectivity index (χ3v) is 7.65. The molecule has 36 heavy (non-hydrogen) atoms. The molecule has 0 radical (unpaired) electrons. The van der Waals surface area contributed by atoms with Crippen molar-refractivity contribution in [2.75, 3.05) is 4.90 Å². The standard InChI is InChI=1S/C28H20ClFN2O3S/c29-21-10-5-18(6-11-21)16-31-27(33)20-9-14-26-24(15-20)32(17-19-7-12-22(30)13-8-19)28(34)23-3-1-2-4-25(23)36(26)35/h1-15H,16-17H2,(H,31,33). The number of nitrogens with one attached hydrogen (secondary N) is 1. The summed E-state index contributed by atoms with van der Waals surface area (Å²) in [6.07, 6.45) is 0. The van der Waals surface area contributed by atoms with Crippen molar-refractivity contribution in [3.8, 4) is 0 Å². The molecule has 0 fully saturated rings. The highest BCUT2D eigenvalue weighted by Crippen LogP contribution is 2.36. The summed E-state index contributed by atoms with van der Waals surface area (Å²) in [6.45, 7) is 0.413. The van der Waals surface area contributed by atoms with Gasteiger partial charge in [0.25, 0.3) is 11.8 Å². The third-order valence-electron chi connectivity index (χ3n) is 5.89. The van der Waals surface area contributed by atoms with Gasteiger partial charge >= 0.3 is 0 Å². The summed E-state index contributed by atoms with van der Waals surface area (Å²) in [6, 6.07) is 24.5. The molecule has 4 aromatic carbocycles. The molecule has 1 aliphatic rings. The Morgan fingerprint density at radius 3 is 2.33 bits per heavy atom. The van der Waals surface area contributed by atoms with E-state index in [0.29, 0.717) is 43.7 Å². The Morgan fingerprint density at radius 1 is 0.889 bits per heavy atom. The number of amides is 2. The molecule has 4 aromatic rings. The van der Waals surface area contributed by atoms with E-state index in [2.05, 4.69) is 5.32 Å². The minimum atomic E-state index is -1.63. The van der Waals surface area contributed by atoms with Crippen LogP contribution in [0.15, 0.2) is 101 Å². The molecule has 1 atom stereocenters. The summed E-state index contributed by atoms with van der Waals surface area (Å²) in [5, 5.41) is 3.47. The highest BCUT2D eigenvalue weighted by atomic mass is 35.5. The van der Waals surface area contributed by atoms with Crippen molar-refractivity contribution in [1.29, 1.82) is 0 Å². The van der Waals surface area contributed by atoms with Crippen LogP contribution in [-0.4, -0.2) is 16.0 Å². The molecule has 0 saturated carbocycles. The quantitative estimate of drug-likeness (QED) is 0.366. The smallest absolute Gasteiger partial charge is 0.259 e. The van der Waals surface area contributed by atoms with Gasteiger partial charge in [0.15, 0.2) is 0 Å². The Labute approximate surface area is 215 Å². The van der Waals surface area contributed by atoms with Crippen molar-refractivity contribution in [2.45, 2.75) is 22.9 Å². The van der Waals surface area contributed by atoms with Crippen LogP contribution in [0.2, 0.25) is 5.02 Å². The van der Waals surface area contributed by atoms with E-state index in [0.717, 1.165) is 5.56 Å². The second-order valence-electron chi connectivity index (χ2n) is 8.27. The number of hydrogen-bond acceptors (Lipinski definition) is 3. The fraction of sp³-hybridized carbons (Fsp3) is 0.0714. The van der Waals surface area contributed by atoms with Crippen molar-refractivity contribution < 1.29 is 18.2 Å². The average Bonchev–Trinajstić information content (AvgIpc) is 2.98. The molecule has 5 nitrogen and oxygen atoms in total. The Hall–Kier alpha value is -3.81. The summed E-state index contributed by atoms with van der Waals surface area (Å²) in [5.74, 6) is -1.07. The van der Waals surface area contributed by atoms with Crippen molar-refractivity contribution in [3.05, 3.63) is 124 Å². The van der Waals surface area contributed by atoms with E-state index in [1.54, 1.807) is 66.7 Å². The Balaban J connectivity index is 1.52. The molecule has 1 unspecified atom stereocenters. The molecule has 180 valence electrons. The summed E-state index contributed by atoms with van der Waals surface area (Å²) >= 11 is 5.92. The highest BCUT2D eigenvalue weighted by Gasteiger charge is 2.31. The molecule has 0 bridgehead atoms. The molecule has 5 rings (SSSR count). The number of anilines is 1. The number of benzene rings is 4. The molecule has 0 spiro atoms. The van der Waals surface area contributed by atoms with Gasteiger partial charge in [-0.15, -0.1) is 0 Å². The van der Waals surface area contributed by atoms with Gasteiger partial charge in [0.05, 0.1) is 38.4 Å². The van der Waals surface area contributed by atoms with Crippen molar-refractivity contribution in [2.24, 2.45) is 0 Å². The van der Waals surface area contributed by atoms with Crippen LogP contribution >= 0.6 is 11.6 Å². The number of carbonyl (C=O) groups is 2. The summed E-state index contributed by atoms with van der Waals surface area (Å²) in [7, 11) is -1.63. The maximum absolute atomic E-state index is 13.6. The second kappa shape index (κ2) is 10.0. The zero-order valence-electron chi connectivity index (χ0n) is 18.9. The maximum Gasteiger partial charge on any atom is 0.259 e. The molecular weight excluding hydrogens is 499 g/mol. The van der Waals surface area contributed by atoms with Crippen LogP contribution in [0, 0.1) is 5.82 Å². The summed E-state index contributed by atoms with van der Waals surface area (Å²) in [5.41, 5.74) is 2.59. The Bertz CT molecular complexity index is 1490. The monoisotopic (exact) mass is 518 g/mol. The first-order valence-electron chi connectivity index (χ1n) is 11.1. The number of rotatable bonds is 5. The van der Waals surface area contributed by atoms with Gasteiger partial charge in [0.1, 0.15) is 5.82 Å². The molecule has 1 N–H and O–H groups in total. The fourth-order valence-corrected chi connectivity index (χ4v) is 5.49. The molecule has 1 aliphatic heterocycles. The molecule has 0 aliphatic carbocycles. The largest absolute Gasteiger partial charge is 0.348 e. The first-order chi connectivity index (χ1) is 17.4. The molecule has 2 amide bonds. The van der Waals surface area contributed by atoms with E-state index in [1.165, 1.54) is 17.0 Å². The van der Waals surface area contributed by atoms with Gasteiger partial charge in [-0.05, 0) is 65.7 Å². The molecule has 0 aromatic heterocycles. The Morgan fingerprint density at radius 2 is 1.58 bits per heavy atom. The zero-order valence-corrected chi connectivity index (χ0v) is 20.5. The number of carbonyl (C=O) groups excluding carboxylic acids is 2. The van der Waals surface area contributed by atoms with E-state index in [1.807, 2.05) is 12.1 Å². The first-order valence-corrected chi connectivity index (χ1v) is 12.7. The van der Waals surface area contributed by atoms with Crippen molar-refractivity contribution >= 4 is 39.9 Å². The van der Waals surface area contributed by atoms with Gasteiger partial charge in [-0.2, -0.15) is 0 Å². The lowest BCUT2D eigenvalue weighted by molar-refractivity contribution is 0.0947. The molecule has 1 heterocycles. The maximum atomic E-state index is 13.6. The average molecular weight is 519 g/mol.